The Hall–Kier alpha value is -2.01. The quantitative estimate of drug-likeness (QED) is 0.323. The number of H-pyrrole nitrogens is 1. The molecule has 0 radical (unpaired) electrons. The van der Waals surface area contributed by atoms with Crippen molar-refractivity contribution in [3.05, 3.63) is 47.4 Å². The topological polar surface area (TPSA) is 89.9 Å². The fourth-order valence-corrected chi connectivity index (χ4v) is 7.46. The number of aryl methyl sites for hydroxylation is 4. The van der Waals surface area contributed by atoms with E-state index in [-0.39, 0.29) is 11.1 Å². The van der Waals surface area contributed by atoms with Gasteiger partial charge < -0.3 is 9.72 Å². The molecule has 0 aliphatic heterocycles. The lowest BCUT2D eigenvalue weighted by Crippen LogP contribution is -2.25. The number of thiophene rings is 2. The van der Waals surface area contributed by atoms with Gasteiger partial charge in [-0.1, -0.05) is 11.8 Å². The van der Waals surface area contributed by atoms with Gasteiger partial charge >= 0.3 is 0 Å². The summed E-state index contributed by atoms with van der Waals surface area (Å²) in [7, 11) is 1.63. The summed E-state index contributed by atoms with van der Waals surface area (Å²) in [5.41, 5.74) is 2.07. The van der Waals surface area contributed by atoms with Crippen molar-refractivity contribution in [2.24, 2.45) is 0 Å². The number of aromatic amines is 1. The number of hydrogen-bond donors (Lipinski definition) is 1. The van der Waals surface area contributed by atoms with Crippen molar-refractivity contribution in [3.8, 4) is 0 Å². The van der Waals surface area contributed by atoms with Crippen LogP contribution < -0.4 is 11.1 Å². The van der Waals surface area contributed by atoms with Gasteiger partial charge in [-0.05, 0) is 50.7 Å². The predicted octanol–water partition coefficient (Wildman–Crippen LogP) is 4.19. The van der Waals surface area contributed by atoms with Crippen molar-refractivity contribution in [2.75, 3.05) is 13.7 Å². The molecule has 1 aliphatic carbocycles. The van der Waals surface area contributed by atoms with E-state index in [1.165, 1.54) is 40.0 Å². The summed E-state index contributed by atoms with van der Waals surface area (Å²) in [4.78, 5) is 42.5. The molecule has 0 spiro atoms. The van der Waals surface area contributed by atoms with Crippen molar-refractivity contribution in [3.63, 3.8) is 0 Å². The Kier molecular flexibility index (Phi) is 5.96. The van der Waals surface area contributed by atoms with E-state index in [0.29, 0.717) is 35.3 Å². The molecule has 0 aromatic carbocycles. The molecule has 0 unspecified atom stereocenters. The maximum Gasteiger partial charge on any atom is 0.263 e. The van der Waals surface area contributed by atoms with Crippen LogP contribution in [0.15, 0.2) is 14.7 Å². The van der Waals surface area contributed by atoms with Crippen LogP contribution in [0.4, 0.5) is 0 Å². The number of ether oxygens (including phenoxy) is 1. The number of nitrogens with zero attached hydrogens (tertiary/aromatic N) is 3. The minimum atomic E-state index is -0.112. The minimum absolute atomic E-state index is 0.00959. The van der Waals surface area contributed by atoms with Gasteiger partial charge in [0.1, 0.15) is 15.5 Å². The maximum atomic E-state index is 13.5. The molecule has 5 rings (SSSR count). The van der Waals surface area contributed by atoms with E-state index in [1.807, 2.05) is 13.8 Å². The third-order valence-corrected chi connectivity index (χ3v) is 9.26. The van der Waals surface area contributed by atoms with Gasteiger partial charge in [-0.15, -0.1) is 22.7 Å². The number of methoxy groups -OCH3 is 1. The fraction of sp³-hybridized carbons (Fsp3) is 0.455. The zero-order valence-electron chi connectivity index (χ0n) is 18.2. The molecular weight excluding hydrogens is 464 g/mol. The molecule has 7 nitrogen and oxygen atoms in total. The van der Waals surface area contributed by atoms with Crippen LogP contribution in [-0.4, -0.2) is 33.2 Å². The van der Waals surface area contributed by atoms with Crippen LogP contribution in [0.3, 0.4) is 0 Å². The largest absolute Gasteiger partial charge is 0.383 e. The van der Waals surface area contributed by atoms with E-state index >= 15 is 0 Å². The molecule has 1 aliphatic rings. The van der Waals surface area contributed by atoms with Gasteiger partial charge in [-0.25, -0.2) is 9.97 Å². The first-order valence-electron chi connectivity index (χ1n) is 10.6. The van der Waals surface area contributed by atoms with Crippen LogP contribution in [0.25, 0.3) is 20.4 Å². The smallest absolute Gasteiger partial charge is 0.263 e. The molecule has 4 aromatic rings. The first-order valence-corrected chi connectivity index (χ1v) is 13.3. The molecule has 10 heteroatoms. The molecule has 0 fully saturated rings. The summed E-state index contributed by atoms with van der Waals surface area (Å²) in [5.74, 6) is 1.02. The maximum absolute atomic E-state index is 13.5. The standard InChI is InChI=1S/C22H24N4O3S3/c1-11-12(2)31-19-16(11)18(27)23-15(24-19)10-30-22-25-20-17(21(28)26(22)8-9-29-3)13-6-4-5-7-14(13)32-20/h4-10H2,1-3H3,(H,23,24,27). The highest BCUT2D eigenvalue weighted by atomic mass is 32.2. The monoisotopic (exact) mass is 488 g/mol. The summed E-state index contributed by atoms with van der Waals surface area (Å²) in [6.07, 6.45) is 4.27. The van der Waals surface area contributed by atoms with E-state index in [1.54, 1.807) is 23.0 Å². The lowest BCUT2D eigenvalue weighted by atomic mass is 9.97. The normalized spacial score (nSPS) is 13.8. The van der Waals surface area contributed by atoms with E-state index in [2.05, 4.69) is 9.97 Å². The van der Waals surface area contributed by atoms with Crippen LogP contribution >= 0.6 is 34.4 Å². The highest BCUT2D eigenvalue weighted by Gasteiger charge is 2.22. The molecule has 4 aromatic heterocycles. The summed E-state index contributed by atoms with van der Waals surface area (Å²) >= 11 is 4.62. The average Bonchev–Trinajstić information content (AvgIpc) is 3.28. The molecule has 4 heterocycles. The zero-order valence-corrected chi connectivity index (χ0v) is 20.7. The number of hydrogen-bond acceptors (Lipinski definition) is 8. The third kappa shape index (κ3) is 3.72. The molecule has 0 saturated heterocycles. The number of thioether (sulfide) groups is 1. The SMILES string of the molecule is COCCn1c(SCc2nc3sc(C)c(C)c3c(=O)[nH]2)nc2sc3c(c2c1=O)CCCC3. The van der Waals surface area contributed by atoms with Gasteiger partial charge in [0.15, 0.2) is 5.16 Å². The number of rotatable bonds is 6. The number of aromatic nitrogens is 4. The Labute approximate surface area is 196 Å². The van der Waals surface area contributed by atoms with Crippen LogP contribution in [0.1, 0.15) is 39.5 Å². The number of nitrogens with one attached hydrogen (secondary N) is 1. The van der Waals surface area contributed by atoms with Crippen molar-refractivity contribution in [2.45, 2.75) is 57.0 Å². The Morgan fingerprint density at radius 1 is 1.09 bits per heavy atom. The summed E-state index contributed by atoms with van der Waals surface area (Å²) in [6.45, 7) is 4.83. The van der Waals surface area contributed by atoms with Gasteiger partial charge in [0, 0.05) is 16.9 Å². The van der Waals surface area contributed by atoms with Gasteiger partial charge in [0.25, 0.3) is 11.1 Å². The first kappa shape index (κ1) is 21.8. The summed E-state index contributed by atoms with van der Waals surface area (Å²) in [6, 6.07) is 0. The molecule has 0 atom stereocenters. The molecule has 0 bridgehead atoms. The highest BCUT2D eigenvalue weighted by molar-refractivity contribution is 7.98. The van der Waals surface area contributed by atoms with Crippen molar-refractivity contribution in [1.29, 1.82) is 0 Å². The zero-order chi connectivity index (χ0) is 22.4. The van der Waals surface area contributed by atoms with E-state index in [9.17, 15) is 9.59 Å². The van der Waals surface area contributed by atoms with Crippen LogP contribution in [-0.2, 0) is 29.9 Å². The molecule has 0 saturated carbocycles. The second kappa shape index (κ2) is 8.74. The molecule has 32 heavy (non-hydrogen) atoms. The fourth-order valence-electron chi connectivity index (χ4n) is 4.21. The second-order valence-electron chi connectivity index (χ2n) is 8.00. The second-order valence-corrected chi connectivity index (χ2v) is 11.2. The number of fused-ring (bicyclic) bond motifs is 4. The minimum Gasteiger partial charge on any atom is -0.383 e. The Morgan fingerprint density at radius 2 is 1.88 bits per heavy atom. The van der Waals surface area contributed by atoms with Crippen molar-refractivity contribution >= 4 is 54.9 Å². The predicted molar refractivity (Wildman–Crippen MR) is 132 cm³/mol. The van der Waals surface area contributed by atoms with Crippen molar-refractivity contribution < 1.29 is 4.74 Å². The van der Waals surface area contributed by atoms with Gasteiger partial charge in [-0.2, -0.15) is 0 Å². The van der Waals surface area contributed by atoms with Gasteiger partial charge in [0.05, 0.1) is 29.7 Å². The van der Waals surface area contributed by atoms with Gasteiger partial charge in [-0.3, -0.25) is 14.2 Å². The van der Waals surface area contributed by atoms with Crippen LogP contribution in [0, 0.1) is 13.8 Å². The highest BCUT2D eigenvalue weighted by Crippen LogP contribution is 2.35. The van der Waals surface area contributed by atoms with Crippen LogP contribution in [0.2, 0.25) is 0 Å². The van der Waals surface area contributed by atoms with Crippen molar-refractivity contribution in [1.82, 2.24) is 19.5 Å². The summed E-state index contributed by atoms with van der Waals surface area (Å²) < 4.78 is 6.97. The van der Waals surface area contributed by atoms with E-state index < -0.39 is 0 Å². The lowest BCUT2D eigenvalue weighted by molar-refractivity contribution is 0.183. The van der Waals surface area contributed by atoms with E-state index in [0.717, 1.165) is 44.8 Å². The van der Waals surface area contributed by atoms with Gasteiger partial charge in [0.2, 0.25) is 0 Å². The Balaban J connectivity index is 1.54. The van der Waals surface area contributed by atoms with E-state index in [4.69, 9.17) is 9.72 Å². The molecule has 0 amide bonds. The molecule has 1 N–H and O–H groups in total. The third-order valence-electron chi connectivity index (χ3n) is 5.98. The first-order chi connectivity index (χ1) is 15.5. The molecular formula is C22H24N4O3S3. The van der Waals surface area contributed by atoms with Crippen LogP contribution in [0.5, 0.6) is 0 Å². The molecule has 168 valence electrons. The summed E-state index contributed by atoms with van der Waals surface area (Å²) in [5, 5.41) is 2.09. The average molecular weight is 489 g/mol. The Bertz CT molecular complexity index is 1450. The Morgan fingerprint density at radius 3 is 2.69 bits per heavy atom. The lowest BCUT2D eigenvalue weighted by Gasteiger charge is -2.13.